The van der Waals surface area contributed by atoms with E-state index in [1.54, 1.807) is 6.07 Å². The number of nitrogens with zero attached hydrogens (tertiary/aromatic N) is 1. The van der Waals surface area contributed by atoms with Gasteiger partial charge in [0.2, 0.25) is 0 Å². The third-order valence-corrected chi connectivity index (χ3v) is 3.00. The van der Waals surface area contributed by atoms with Crippen LogP contribution < -0.4 is 0 Å². The molecule has 0 aliphatic carbocycles. The molecule has 0 N–H and O–H groups in total. The molecule has 1 aromatic carbocycles. The average Bonchev–Trinajstić information content (AvgIpc) is 2.41. The summed E-state index contributed by atoms with van der Waals surface area (Å²) in [4.78, 5) is 0. The van der Waals surface area contributed by atoms with Gasteiger partial charge in [0.25, 0.3) is 0 Å². The minimum Gasteiger partial charge on any atom is -0.377 e. The maximum Gasteiger partial charge on any atom is 0.124 e. The number of hydrogen-bond acceptors (Lipinski definition) is 2. The second-order valence-corrected chi connectivity index (χ2v) is 4.78. The Bertz CT molecular complexity index is 412. The largest absolute Gasteiger partial charge is 0.377 e. The molecule has 0 radical (unpaired) electrons. The Balaban J connectivity index is 2.16. The summed E-state index contributed by atoms with van der Waals surface area (Å²) in [7, 11) is 0. The van der Waals surface area contributed by atoms with Gasteiger partial charge in [0.05, 0.1) is 18.2 Å². The summed E-state index contributed by atoms with van der Waals surface area (Å²) >= 11 is 0. The van der Waals surface area contributed by atoms with Crippen molar-refractivity contribution in [3.63, 3.8) is 0 Å². The van der Waals surface area contributed by atoms with E-state index < -0.39 is 0 Å². The molecule has 2 nitrogen and oxygen atoms in total. The molecule has 1 rings (SSSR count). The molecule has 0 atom stereocenters. The summed E-state index contributed by atoms with van der Waals surface area (Å²) < 4.78 is 18.7. The first-order valence-corrected chi connectivity index (χ1v) is 7.03. The van der Waals surface area contributed by atoms with Gasteiger partial charge < -0.3 is 4.74 Å². The second kappa shape index (κ2) is 9.52. The first-order chi connectivity index (χ1) is 9.26. The molecule has 0 heterocycles. The van der Waals surface area contributed by atoms with Crippen molar-refractivity contribution in [2.45, 2.75) is 52.1 Å². The van der Waals surface area contributed by atoms with Crippen LogP contribution in [0.4, 0.5) is 4.39 Å². The molecule has 104 valence electrons. The Morgan fingerprint density at radius 3 is 2.58 bits per heavy atom. The predicted octanol–water partition coefficient (Wildman–Crippen LogP) is 4.57. The maximum absolute atomic E-state index is 13.2. The van der Waals surface area contributed by atoms with Crippen molar-refractivity contribution in [2.75, 3.05) is 6.61 Å². The molecule has 0 spiro atoms. The molecule has 0 fully saturated rings. The maximum atomic E-state index is 13.2. The third-order valence-electron chi connectivity index (χ3n) is 3.00. The van der Waals surface area contributed by atoms with Gasteiger partial charge in [0.1, 0.15) is 5.82 Å². The van der Waals surface area contributed by atoms with Crippen LogP contribution in [0.3, 0.4) is 0 Å². The van der Waals surface area contributed by atoms with Crippen LogP contribution in [-0.4, -0.2) is 6.61 Å². The van der Waals surface area contributed by atoms with Crippen LogP contribution in [0, 0.1) is 17.1 Å². The number of unbranched alkanes of at least 4 members (excludes halogenated alkanes) is 5. The lowest BCUT2D eigenvalue weighted by molar-refractivity contribution is 0.116. The molecule has 0 aliphatic heterocycles. The number of benzene rings is 1. The monoisotopic (exact) mass is 263 g/mol. The lowest BCUT2D eigenvalue weighted by Gasteiger charge is -2.05. The summed E-state index contributed by atoms with van der Waals surface area (Å²) in [5.41, 5.74) is 1.07. The summed E-state index contributed by atoms with van der Waals surface area (Å²) in [5, 5.41) is 8.74. The molecule has 0 saturated heterocycles. The lowest BCUT2D eigenvalue weighted by Crippen LogP contribution is -1.97. The topological polar surface area (TPSA) is 33.0 Å². The molecule has 0 bridgehead atoms. The molecule has 0 saturated carbocycles. The molecule has 0 aliphatic rings. The summed E-state index contributed by atoms with van der Waals surface area (Å²) in [5.74, 6) is -0.378. The van der Waals surface area contributed by atoms with E-state index >= 15 is 0 Å². The van der Waals surface area contributed by atoms with Crippen molar-refractivity contribution in [1.82, 2.24) is 0 Å². The Morgan fingerprint density at radius 2 is 1.84 bits per heavy atom. The minimum absolute atomic E-state index is 0.346. The van der Waals surface area contributed by atoms with Crippen molar-refractivity contribution < 1.29 is 9.13 Å². The van der Waals surface area contributed by atoms with Crippen LogP contribution in [-0.2, 0) is 11.3 Å². The molecule has 0 amide bonds. The normalized spacial score (nSPS) is 10.4. The zero-order chi connectivity index (χ0) is 13.9. The molecule has 19 heavy (non-hydrogen) atoms. The second-order valence-electron chi connectivity index (χ2n) is 4.78. The molecule has 1 aromatic rings. The van der Waals surface area contributed by atoms with E-state index in [0.29, 0.717) is 18.8 Å². The van der Waals surface area contributed by atoms with E-state index in [-0.39, 0.29) is 5.82 Å². The molecule has 3 heteroatoms. The highest BCUT2D eigenvalue weighted by molar-refractivity contribution is 5.33. The van der Waals surface area contributed by atoms with Crippen molar-refractivity contribution in [2.24, 2.45) is 0 Å². The summed E-state index contributed by atoms with van der Waals surface area (Å²) in [6.45, 7) is 3.28. The SMILES string of the molecule is CCCCCCCCOCc1cc(F)cc(C#N)c1. The zero-order valence-corrected chi connectivity index (χ0v) is 11.6. The summed E-state index contributed by atoms with van der Waals surface area (Å²) in [6.07, 6.45) is 7.36. The van der Waals surface area contributed by atoms with Crippen LogP contribution >= 0.6 is 0 Å². The van der Waals surface area contributed by atoms with E-state index in [9.17, 15) is 4.39 Å². The predicted molar refractivity (Wildman–Crippen MR) is 74.1 cm³/mol. The van der Waals surface area contributed by atoms with Crippen molar-refractivity contribution in [1.29, 1.82) is 5.26 Å². The third kappa shape index (κ3) is 6.93. The fourth-order valence-electron chi connectivity index (χ4n) is 1.97. The quantitative estimate of drug-likeness (QED) is 0.611. The fourth-order valence-corrected chi connectivity index (χ4v) is 1.97. The first kappa shape index (κ1) is 15.7. The van der Waals surface area contributed by atoms with Gasteiger partial charge in [0.15, 0.2) is 0 Å². The van der Waals surface area contributed by atoms with E-state index in [2.05, 4.69) is 6.92 Å². The first-order valence-electron chi connectivity index (χ1n) is 7.03. The van der Waals surface area contributed by atoms with Crippen LogP contribution in [0.1, 0.15) is 56.6 Å². The van der Waals surface area contributed by atoms with Gasteiger partial charge in [0, 0.05) is 6.61 Å². The van der Waals surface area contributed by atoms with Crippen molar-refractivity contribution >= 4 is 0 Å². The standard InChI is InChI=1S/C16H22FNO/c1-2-3-4-5-6-7-8-19-13-15-9-14(12-18)10-16(17)11-15/h9-11H,2-8,13H2,1H3. The highest BCUT2D eigenvalue weighted by Crippen LogP contribution is 2.10. The van der Waals surface area contributed by atoms with E-state index in [1.807, 2.05) is 6.07 Å². The lowest BCUT2D eigenvalue weighted by atomic mass is 10.1. The zero-order valence-electron chi connectivity index (χ0n) is 11.6. The van der Waals surface area contributed by atoms with E-state index in [4.69, 9.17) is 10.00 Å². The number of ether oxygens (including phenoxy) is 1. The smallest absolute Gasteiger partial charge is 0.124 e. The van der Waals surface area contributed by atoms with Crippen LogP contribution in [0.5, 0.6) is 0 Å². The molecular weight excluding hydrogens is 241 g/mol. The number of rotatable bonds is 9. The Kier molecular flexibility index (Phi) is 7.84. The molecular formula is C16H22FNO. The van der Waals surface area contributed by atoms with Gasteiger partial charge >= 0.3 is 0 Å². The number of hydrogen-bond donors (Lipinski definition) is 0. The van der Waals surface area contributed by atoms with Gasteiger partial charge in [-0.05, 0) is 30.2 Å². The summed E-state index contributed by atoms with van der Waals surface area (Å²) in [6, 6.07) is 6.27. The Labute approximate surface area is 115 Å². The Morgan fingerprint density at radius 1 is 1.11 bits per heavy atom. The van der Waals surface area contributed by atoms with Gasteiger partial charge in [-0.25, -0.2) is 4.39 Å². The van der Waals surface area contributed by atoms with Crippen molar-refractivity contribution in [3.8, 4) is 6.07 Å². The number of nitriles is 1. The van der Waals surface area contributed by atoms with Crippen LogP contribution in [0.25, 0.3) is 0 Å². The fraction of sp³-hybridized carbons (Fsp3) is 0.562. The highest BCUT2D eigenvalue weighted by Gasteiger charge is 2.00. The average molecular weight is 263 g/mol. The minimum atomic E-state index is -0.378. The van der Waals surface area contributed by atoms with Gasteiger partial charge in [-0.1, -0.05) is 39.0 Å². The van der Waals surface area contributed by atoms with E-state index in [0.717, 1.165) is 12.0 Å². The van der Waals surface area contributed by atoms with Crippen LogP contribution in [0.15, 0.2) is 18.2 Å². The van der Waals surface area contributed by atoms with E-state index in [1.165, 1.54) is 44.2 Å². The van der Waals surface area contributed by atoms with Gasteiger partial charge in [-0.15, -0.1) is 0 Å². The van der Waals surface area contributed by atoms with Crippen molar-refractivity contribution in [3.05, 3.63) is 35.1 Å². The van der Waals surface area contributed by atoms with Gasteiger partial charge in [-0.2, -0.15) is 5.26 Å². The number of halogens is 1. The highest BCUT2D eigenvalue weighted by atomic mass is 19.1. The molecule has 0 aromatic heterocycles. The van der Waals surface area contributed by atoms with Crippen LogP contribution in [0.2, 0.25) is 0 Å². The Hall–Kier alpha value is -1.40. The van der Waals surface area contributed by atoms with Gasteiger partial charge in [-0.3, -0.25) is 0 Å². The molecule has 0 unspecified atom stereocenters.